The van der Waals surface area contributed by atoms with E-state index in [2.05, 4.69) is 69.0 Å². The quantitative estimate of drug-likeness (QED) is 0.698. The van der Waals surface area contributed by atoms with Gasteiger partial charge in [0.05, 0.1) is 12.1 Å². The molecule has 0 aromatic heterocycles. The van der Waals surface area contributed by atoms with E-state index in [0.717, 1.165) is 26.2 Å². The van der Waals surface area contributed by atoms with Gasteiger partial charge in [-0.05, 0) is 63.0 Å². The molecule has 0 radical (unpaired) electrons. The molecule has 0 saturated carbocycles. The summed E-state index contributed by atoms with van der Waals surface area (Å²) in [7, 11) is 0. The van der Waals surface area contributed by atoms with Gasteiger partial charge in [-0.2, -0.15) is 0 Å². The molecule has 2 aromatic carbocycles. The molecule has 2 saturated heterocycles. The first-order valence-electron chi connectivity index (χ1n) is 11.4. The van der Waals surface area contributed by atoms with Gasteiger partial charge in [0.2, 0.25) is 0 Å². The highest BCUT2D eigenvalue weighted by atomic mass is 16.2. The van der Waals surface area contributed by atoms with E-state index in [0.29, 0.717) is 13.1 Å². The Morgan fingerprint density at radius 1 is 0.667 bits per heavy atom. The average molecular weight is 407 g/mol. The van der Waals surface area contributed by atoms with Crippen molar-refractivity contribution in [1.82, 2.24) is 20.4 Å². The molecule has 2 fully saturated rings. The number of nitrogens with zero attached hydrogens (tertiary/aromatic N) is 2. The second kappa shape index (κ2) is 10.6. The molecule has 0 bridgehead atoms. The number of hydrogen-bond acceptors (Lipinski definition) is 3. The van der Waals surface area contributed by atoms with E-state index in [9.17, 15) is 4.79 Å². The predicted molar refractivity (Wildman–Crippen MR) is 121 cm³/mol. The molecule has 2 aliphatic rings. The van der Waals surface area contributed by atoms with Crippen LogP contribution >= 0.6 is 0 Å². The van der Waals surface area contributed by atoms with Crippen LogP contribution < -0.4 is 10.6 Å². The molecular formula is C25H34N4O. The van der Waals surface area contributed by atoms with Crippen LogP contribution in [-0.2, 0) is 0 Å². The zero-order chi connectivity index (χ0) is 20.6. The van der Waals surface area contributed by atoms with Gasteiger partial charge in [-0.15, -0.1) is 0 Å². The second-order valence-electron chi connectivity index (χ2n) is 8.43. The summed E-state index contributed by atoms with van der Waals surface area (Å²) in [5, 5.41) is 6.29. The minimum absolute atomic E-state index is 0.0738. The zero-order valence-corrected chi connectivity index (χ0v) is 17.8. The summed E-state index contributed by atoms with van der Waals surface area (Å²) < 4.78 is 0. The number of rotatable bonds is 8. The van der Waals surface area contributed by atoms with Gasteiger partial charge in [-0.1, -0.05) is 60.7 Å². The molecule has 30 heavy (non-hydrogen) atoms. The molecule has 2 heterocycles. The van der Waals surface area contributed by atoms with Crippen molar-refractivity contribution in [2.24, 2.45) is 0 Å². The highest BCUT2D eigenvalue weighted by molar-refractivity contribution is 5.74. The molecule has 2 aliphatic heterocycles. The van der Waals surface area contributed by atoms with Crippen LogP contribution in [0.1, 0.15) is 48.9 Å². The maximum Gasteiger partial charge on any atom is 0.314 e. The van der Waals surface area contributed by atoms with Crippen molar-refractivity contribution in [1.29, 1.82) is 0 Å². The average Bonchev–Trinajstić information content (AvgIpc) is 3.51. The van der Waals surface area contributed by atoms with Crippen LogP contribution in [0.5, 0.6) is 0 Å². The topological polar surface area (TPSA) is 47.6 Å². The molecule has 2 atom stereocenters. The molecule has 160 valence electrons. The van der Waals surface area contributed by atoms with Crippen LogP contribution in [0.3, 0.4) is 0 Å². The molecule has 0 unspecified atom stereocenters. The van der Waals surface area contributed by atoms with Crippen molar-refractivity contribution in [3.05, 3.63) is 71.8 Å². The van der Waals surface area contributed by atoms with E-state index in [1.165, 1.54) is 36.8 Å². The third-order valence-corrected chi connectivity index (χ3v) is 6.44. The van der Waals surface area contributed by atoms with E-state index >= 15 is 0 Å². The van der Waals surface area contributed by atoms with Crippen LogP contribution in [0.4, 0.5) is 4.79 Å². The lowest BCUT2D eigenvalue weighted by molar-refractivity contribution is 0.210. The number of nitrogens with one attached hydrogen (secondary N) is 2. The Morgan fingerprint density at radius 2 is 1.03 bits per heavy atom. The van der Waals surface area contributed by atoms with Gasteiger partial charge in [-0.3, -0.25) is 9.80 Å². The molecular weight excluding hydrogens is 372 g/mol. The summed E-state index contributed by atoms with van der Waals surface area (Å²) in [5.41, 5.74) is 2.55. The number of carbonyl (C=O) groups excluding carboxylic acids is 1. The smallest absolute Gasteiger partial charge is 0.314 e. The zero-order valence-electron chi connectivity index (χ0n) is 17.8. The summed E-state index contributed by atoms with van der Waals surface area (Å²) in [6, 6.07) is 21.5. The summed E-state index contributed by atoms with van der Waals surface area (Å²) in [6.07, 6.45) is 4.96. The van der Waals surface area contributed by atoms with Gasteiger partial charge < -0.3 is 10.6 Å². The monoisotopic (exact) mass is 406 g/mol. The maximum absolute atomic E-state index is 12.7. The number of carbonyl (C=O) groups is 1. The fourth-order valence-electron chi connectivity index (χ4n) is 4.81. The Hall–Kier alpha value is -2.37. The van der Waals surface area contributed by atoms with Crippen molar-refractivity contribution < 1.29 is 4.79 Å². The summed E-state index contributed by atoms with van der Waals surface area (Å²) in [4.78, 5) is 17.7. The van der Waals surface area contributed by atoms with Crippen LogP contribution in [0.15, 0.2) is 60.7 Å². The third-order valence-electron chi connectivity index (χ3n) is 6.44. The lowest BCUT2D eigenvalue weighted by Crippen LogP contribution is -2.44. The van der Waals surface area contributed by atoms with Gasteiger partial charge in [0.25, 0.3) is 0 Å². The molecule has 2 aromatic rings. The number of amides is 2. The SMILES string of the molecule is O=C(NC[C@H](c1ccccc1)N1CCCC1)NC[C@@H](c1ccccc1)N1CCCC1. The van der Waals surface area contributed by atoms with Crippen LogP contribution in [0.25, 0.3) is 0 Å². The number of hydrogen-bond donors (Lipinski definition) is 2. The van der Waals surface area contributed by atoms with Crippen molar-refractivity contribution >= 4 is 6.03 Å². The number of urea groups is 1. The molecule has 4 rings (SSSR count). The molecule has 0 aliphatic carbocycles. The molecule has 0 spiro atoms. The van der Waals surface area contributed by atoms with E-state index in [4.69, 9.17) is 0 Å². The van der Waals surface area contributed by atoms with Crippen molar-refractivity contribution in [2.45, 2.75) is 37.8 Å². The Morgan fingerprint density at radius 3 is 1.40 bits per heavy atom. The number of benzene rings is 2. The molecule has 5 heteroatoms. The normalized spacial score (nSPS) is 19.5. The standard InChI is InChI=1S/C25H34N4O/c30-25(26-19-23(28-15-7-8-16-28)21-11-3-1-4-12-21)27-20-24(29-17-9-10-18-29)22-13-5-2-6-14-22/h1-6,11-14,23-24H,7-10,15-20H2,(H2,26,27,30)/t23-,24+. The Bertz CT molecular complexity index is 705. The number of likely N-dealkylation sites (tertiary alicyclic amines) is 2. The minimum atomic E-state index is -0.0738. The van der Waals surface area contributed by atoms with Gasteiger partial charge in [0.1, 0.15) is 0 Å². The van der Waals surface area contributed by atoms with Crippen molar-refractivity contribution in [3.63, 3.8) is 0 Å². The maximum atomic E-state index is 12.7. The highest BCUT2D eigenvalue weighted by Gasteiger charge is 2.25. The second-order valence-corrected chi connectivity index (χ2v) is 8.43. The third kappa shape index (κ3) is 5.41. The summed E-state index contributed by atoms with van der Waals surface area (Å²) in [6.45, 7) is 5.69. The van der Waals surface area contributed by atoms with E-state index < -0.39 is 0 Å². The fraction of sp³-hybridized carbons (Fsp3) is 0.480. The predicted octanol–water partition coefficient (Wildman–Crippen LogP) is 3.96. The van der Waals surface area contributed by atoms with Crippen molar-refractivity contribution in [3.8, 4) is 0 Å². The van der Waals surface area contributed by atoms with Gasteiger partial charge in [-0.25, -0.2) is 4.79 Å². The van der Waals surface area contributed by atoms with Gasteiger partial charge in [0, 0.05) is 13.1 Å². The first kappa shape index (κ1) is 20.9. The Labute approximate surface area is 180 Å². The van der Waals surface area contributed by atoms with Gasteiger partial charge >= 0.3 is 6.03 Å². The highest BCUT2D eigenvalue weighted by Crippen LogP contribution is 2.25. The van der Waals surface area contributed by atoms with E-state index in [1.54, 1.807) is 0 Å². The van der Waals surface area contributed by atoms with Crippen LogP contribution in [-0.4, -0.2) is 55.1 Å². The first-order valence-corrected chi connectivity index (χ1v) is 11.4. The lowest BCUT2D eigenvalue weighted by Gasteiger charge is -2.30. The molecule has 2 amide bonds. The minimum Gasteiger partial charge on any atom is -0.336 e. The van der Waals surface area contributed by atoms with Crippen LogP contribution in [0.2, 0.25) is 0 Å². The Balaban J connectivity index is 1.34. The van der Waals surface area contributed by atoms with Crippen LogP contribution in [0, 0.1) is 0 Å². The molecule has 2 N–H and O–H groups in total. The largest absolute Gasteiger partial charge is 0.336 e. The lowest BCUT2D eigenvalue weighted by atomic mass is 10.1. The first-order chi connectivity index (χ1) is 14.8. The van der Waals surface area contributed by atoms with E-state index in [1.807, 2.05) is 12.1 Å². The van der Waals surface area contributed by atoms with Crippen molar-refractivity contribution in [2.75, 3.05) is 39.3 Å². The van der Waals surface area contributed by atoms with Gasteiger partial charge in [0.15, 0.2) is 0 Å². The fourth-order valence-corrected chi connectivity index (χ4v) is 4.81. The summed E-state index contributed by atoms with van der Waals surface area (Å²) in [5.74, 6) is 0. The Kier molecular flexibility index (Phi) is 7.38. The summed E-state index contributed by atoms with van der Waals surface area (Å²) >= 11 is 0. The molecule has 5 nitrogen and oxygen atoms in total. The van der Waals surface area contributed by atoms with E-state index in [-0.39, 0.29) is 18.1 Å².